The molecule has 23 heavy (non-hydrogen) atoms. The van der Waals surface area contributed by atoms with Crippen LogP contribution in [0.2, 0.25) is 0 Å². The molecule has 1 N–H and O–H groups in total. The molecule has 0 aliphatic carbocycles. The van der Waals surface area contributed by atoms with E-state index in [1.165, 1.54) is 50.6 Å². The first-order valence-corrected chi connectivity index (χ1v) is 6.48. The van der Waals surface area contributed by atoms with E-state index >= 15 is 0 Å². The van der Waals surface area contributed by atoms with Crippen LogP contribution in [0.5, 0.6) is 23.0 Å². The number of carbonyl (C=O) groups excluding carboxylic acids is 1. The van der Waals surface area contributed by atoms with Gasteiger partial charge in [0.05, 0.1) is 19.8 Å². The molecule has 0 heterocycles. The highest BCUT2D eigenvalue weighted by Gasteiger charge is 2.11. The van der Waals surface area contributed by atoms with Gasteiger partial charge < -0.3 is 24.1 Å². The molecular formula is C16H14O7. The van der Waals surface area contributed by atoms with E-state index in [0.29, 0.717) is 11.5 Å². The molecule has 0 radical (unpaired) electrons. The summed E-state index contributed by atoms with van der Waals surface area (Å²) in [5.41, 5.74) is 0.0863. The molecule has 0 saturated heterocycles. The van der Waals surface area contributed by atoms with Crippen LogP contribution in [0.3, 0.4) is 0 Å². The van der Waals surface area contributed by atoms with Crippen molar-refractivity contribution in [2.75, 3.05) is 14.2 Å². The average Bonchev–Trinajstić information content (AvgIpc) is 2.54. The quantitative estimate of drug-likeness (QED) is 0.669. The Bertz CT molecular complexity index is 685. The zero-order valence-electron chi connectivity index (χ0n) is 12.4. The molecule has 120 valence electrons. The minimum absolute atomic E-state index is 0.0863. The number of hydrogen-bond acceptors (Lipinski definition) is 6. The zero-order chi connectivity index (χ0) is 16.8. The number of carboxylic acid groups (broad SMARTS) is 1. The second-order valence-corrected chi connectivity index (χ2v) is 4.33. The molecule has 0 unspecified atom stereocenters. The van der Waals surface area contributed by atoms with E-state index in [2.05, 4.69) is 0 Å². The summed E-state index contributed by atoms with van der Waals surface area (Å²) in [7, 11) is 2.95. The molecule has 7 heteroatoms. The van der Waals surface area contributed by atoms with Crippen LogP contribution in [0, 0.1) is 0 Å². The summed E-state index contributed by atoms with van der Waals surface area (Å²) in [6, 6.07) is 9.98. The predicted molar refractivity (Wildman–Crippen MR) is 79.6 cm³/mol. The Morgan fingerprint density at radius 3 is 1.74 bits per heavy atom. The largest absolute Gasteiger partial charge is 0.519 e. The third-order valence-electron chi connectivity index (χ3n) is 2.83. The Hall–Kier alpha value is -3.22. The van der Waals surface area contributed by atoms with Crippen LogP contribution < -0.4 is 18.9 Å². The molecule has 0 aromatic heterocycles. The zero-order valence-corrected chi connectivity index (χ0v) is 12.4. The fourth-order valence-corrected chi connectivity index (χ4v) is 1.72. The number of carboxylic acids is 1. The summed E-state index contributed by atoms with van der Waals surface area (Å²) < 4.78 is 20.1. The minimum Gasteiger partial charge on any atom is -0.496 e. The number of carbonyl (C=O) groups is 2. The molecule has 0 aliphatic rings. The standard InChI is InChI=1S/C16H14O7/c1-20-12-7-13(21-2)9-14(8-12)23-16(19)22-11-5-3-10(4-6-11)15(17)18/h3-9H,1-2H3,(H,17,18). The van der Waals surface area contributed by atoms with Gasteiger partial charge in [0, 0.05) is 18.2 Å². The summed E-state index contributed by atoms with van der Waals surface area (Å²) in [6.07, 6.45) is -0.969. The van der Waals surface area contributed by atoms with Crippen molar-refractivity contribution in [3.8, 4) is 23.0 Å². The number of rotatable bonds is 5. The second-order valence-electron chi connectivity index (χ2n) is 4.33. The SMILES string of the molecule is COc1cc(OC)cc(OC(=O)Oc2ccc(C(=O)O)cc2)c1. The van der Waals surface area contributed by atoms with Crippen LogP contribution in [0.4, 0.5) is 4.79 Å². The van der Waals surface area contributed by atoms with Crippen molar-refractivity contribution in [3.63, 3.8) is 0 Å². The van der Waals surface area contributed by atoms with Crippen molar-refractivity contribution in [3.05, 3.63) is 48.0 Å². The van der Waals surface area contributed by atoms with E-state index in [1.54, 1.807) is 6.07 Å². The van der Waals surface area contributed by atoms with Gasteiger partial charge in [0.15, 0.2) is 0 Å². The van der Waals surface area contributed by atoms with Gasteiger partial charge in [0.1, 0.15) is 23.0 Å². The maximum absolute atomic E-state index is 11.8. The Morgan fingerprint density at radius 1 is 0.783 bits per heavy atom. The first kappa shape index (κ1) is 16.2. The molecule has 0 amide bonds. The molecular weight excluding hydrogens is 304 g/mol. The van der Waals surface area contributed by atoms with Gasteiger partial charge in [-0.1, -0.05) is 0 Å². The molecule has 0 bridgehead atoms. The Labute approximate surface area is 132 Å². The van der Waals surface area contributed by atoms with Crippen molar-refractivity contribution >= 4 is 12.1 Å². The molecule has 2 rings (SSSR count). The van der Waals surface area contributed by atoms with Crippen LogP contribution in [0.25, 0.3) is 0 Å². The maximum atomic E-state index is 11.8. The summed E-state index contributed by atoms with van der Waals surface area (Å²) in [5, 5.41) is 8.80. The number of ether oxygens (including phenoxy) is 4. The highest BCUT2D eigenvalue weighted by atomic mass is 16.7. The summed E-state index contributed by atoms with van der Waals surface area (Å²) in [4.78, 5) is 22.5. The fourth-order valence-electron chi connectivity index (χ4n) is 1.72. The minimum atomic E-state index is -1.07. The summed E-state index contributed by atoms with van der Waals surface area (Å²) >= 11 is 0. The number of hydrogen-bond donors (Lipinski definition) is 1. The Morgan fingerprint density at radius 2 is 1.26 bits per heavy atom. The topological polar surface area (TPSA) is 91.3 Å². The summed E-state index contributed by atoms with van der Waals surface area (Å²) in [5.74, 6) is 0.196. The smallest absolute Gasteiger partial charge is 0.496 e. The first-order valence-electron chi connectivity index (χ1n) is 6.48. The third-order valence-corrected chi connectivity index (χ3v) is 2.83. The molecule has 0 fully saturated rings. The summed E-state index contributed by atoms with van der Waals surface area (Å²) in [6.45, 7) is 0. The lowest BCUT2D eigenvalue weighted by molar-refractivity contribution is 0.0697. The molecule has 0 spiro atoms. The Balaban J connectivity index is 2.05. The molecule has 2 aromatic carbocycles. The van der Waals surface area contributed by atoms with E-state index in [0.717, 1.165) is 0 Å². The van der Waals surface area contributed by atoms with Crippen molar-refractivity contribution < 1.29 is 33.6 Å². The molecule has 7 nitrogen and oxygen atoms in total. The van der Waals surface area contributed by atoms with Gasteiger partial charge in [-0.3, -0.25) is 0 Å². The van der Waals surface area contributed by atoms with Gasteiger partial charge in [0.2, 0.25) is 0 Å². The average molecular weight is 318 g/mol. The van der Waals surface area contributed by atoms with E-state index in [1.807, 2.05) is 0 Å². The highest BCUT2D eigenvalue weighted by molar-refractivity contribution is 5.87. The van der Waals surface area contributed by atoms with Gasteiger partial charge in [-0.25, -0.2) is 9.59 Å². The fraction of sp³-hybridized carbons (Fsp3) is 0.125. The van der Waals surface area contributed by atoms with Gasteiger partial charge >= 0.3 is 12.1 Å². The first-order chi connectivity index (χ1) is 11.0. The van der Waals surface area contributed by atoms with Crippen molar-refractivity contribution in [1.82, 2.24) is 0 Å². The van der Waals surface area contributed by atoms with Gasteiger partial charge in [-0.2, -0.15) is 0 Å². The number of methoxy groups -OCH3 is 2. The molecule has 0 aliphatic heterocycles. The molecule has 2 aromatic rings. The van der Waals surface area contributed by atoms with Crippen molar-refractivity contribution in [2.45, 2.75) is 0 Å². The number of aromatic carboxylic acids is 1. The van der Waals surface area contributed by atoms with E-state index in [9.17, 15) is 9.59 Å². The molecule has 0 atom stereocenters. The van der Waals surface area contributed by atoms with Gasteiger partial charge in [0.25, 0.3) is 0 Å². The lowest BCUT2D eigenvalue weighted by Gasteiger charge is -2.09. The Kier molecular flexibility index (Phi) is 5.03. The van der Waals surface area contributed by atoms with Crippen LogP contribution in [0.15, 0.2) is 42.5 Å². The molecule has 0 saturated carbocycles. The maximum Gasteiger partial charge on any atom is 0.519 e. The number of benzene rings is 2. The van der Waals surface area contributed by atoms with Crippen LogP contribution in [0.1, 0.15) is 10.4 Å². The predicted octanol–water partition coefficient (Wildman–Crippen LogP) is 2.98. The lowest BCUT2D eigenvalue weighted by Crippen LogP contribution is -2.14. The monoisotopic (exact) mass is 318 g/mol. The van der Waals surface area contributed by atoms with E-state index < -0.39 is 12.1 Å². The van der Waals surface area contributed by atoms with Crippen molar-refractivity contribution in [2.24, 2.45) is 0 Å². The lowest BCUT2D eigenvalue weighted by atomic mass is 10.2. The second kappa shape index (κ2) is 7.17. The van der Waals surface area contributed by atoms with Crippen LogP contribution >= 0.6 is 0 Å². The third kappa shape index (κ3) is 4.37. The van der Waals surface area contributed by atoms with Crippen molar-refractivity contribution in [1.29, 1.82) is 0 Å². The van der Waals surface area contributed by atoms with Gasteiger partial charge in [-0.05, 0) is 24.3 Å². The van der Waals surface area contributed by atoms with Gasteiger partial charge in [-0.15, -0.1) is 0 Å². The van der Waals surface area contributed by atoms with Crippen LogP contribution in [-0.4, -0.2) is 31.5 Å². The van der Waals surface area contributed by atoms with E-state index in [-0.39, 0.29) is 17.1 Å². The van der Waals surface area contributed by atoms with E-state index in [4.69, 9.17) is 24.1 Å². The normalized spacial score (nSPS) is 9.83. The van der Waals surface area contributed by atoms with Crippen LogP contribution in [-0.2, 0) is 0 Å². The highest BCUT2D eigenvalue weighted by Crippen LogP contribution is 2.27.